The number of hydrogen-bond donors (Lipinski definition) is 2. The van der Waals surface area contributed by atoms with Gasteiger partial charge in [-0.25, -0.2) is 0 Å². The molecule has 2 N–H and O–H groups in total. The molecular formula is C29H38Cl2N4O3. The fraction of sp³-hybridized carbons (Fsp3) is 0.552. The molecule has 0 saturated carbocycles. The highest BCUT2D eigenvalue weighted by molar-refractivity contribution is 6.33. The molecule has 1 amide bonds. The third-order valence-electron chi connectivity index (χ3n) is 8.00. The number of amides is 1. The first-order chi connectivity index (χ1) is 18.5. The molecule has 0 bridgehead atoms. The molecule has 5 rings (SSSR count). The number of ether oxygens (including phenoxy) is 1. The van der Waals surface area contributed by atoms with Crippen LogP contribution < -0.4 is 15.1 Å². The topological polar surface area (TPSA) is 68.3 Å². The van der Waals surface area contributed by atoms with Crippen molar-refractivity contribution in [2.24, 2.45) is 5.92 Å². The molecule has 3 heterocycles. The molecule has 7 nitrogen and oxygen atoms in total. The summed E-state index contributed by atoms with van der Waals surface area (Å²) < 4.78 is 5.46. The predicted octanol–water partition coefficient (Wildman–Crippen LogP) is 4.36. The average Bonchev–Trinajstić information content (AvgIpc) is 3.61. The van der Waals surface area contributed by atoms with Crippen molar-refractivity contribution >= 4 is 40.5 Å². The molecule has 0 aromatic heterocycles. The number of likely N-dealkylation sites (tertiary alicyclic amines) is 1. The fourth-order valence-electron chi connectivity index (χ4n) is 5.88. The van der Waals surface area contributed by atoms with E-state index in [-0.39, 0.29) is 11.8 Å². The number of carbonyl (C=O) groups is 1. The van der Waals surface area contributed by atoms with Crippen LogP contribution in [0.1, 0.15) is 37.4 Å². The van der Waals surface area contributed by atoms with Crippen molar-refractivity contribution in [3.05, 3.63) is 58.1 Å². The van der Waals surface area contributed by atoms with E-state index < -0.39 is 12.1 Å². The monoisotopic (exact) mass is 560 g/mol. The second-order valence-electron chi connectivity index (χ2n) is 10.7. The molecule has 3 unspecified atom stereocenters. The number of hydrogen-bond acceptors (Lipinski definition) is 6. The zero-order chi connectivity index (χ0) is 26.5. The van der Waals surface area contributed by atoms with Gasteiger partial charge in [0, 0.05) is 49.9 Å². The van der Waals surface area contributed by atoms with E-state index in [4.69, 9.17) is 27.9 Å². The smallest absolute Gasteiger partial charge is 0.220 e. The van der Waals surface area contributed by atoms with E-state index in [1.807, 2.05) is 42.5 Å². The first kappa shape index (κ1) is 27.5. The Kier molecular flexibility index (Phi) is 9.33. The molecule has 38 heavy (non-hydrogen) atoms. The van der Waals surface area contributed by atoms with Gasteiger partial charge in [0.25, 0.3) is 0 Å². The molecule has 3 aliphatic rings. The van der Waals surface area contributed by atoms with Crippen molar-refractivity contribution in [3.8, 4) is 0 Å². The van der Waals surface area contributed by atoms with Crippen molar-refractivity contribution in [1.29, 1.82) is 0 Å². The number of aliphatic hydroxyl groups is 1. The van der Waals surface area contributed by atoms with Crippen molar-refractivity contribution < 1.29 is 14.6 Å². The van der Waals surface area contributed by atoms with Crippen molar-refractivity contribution in [3.63, 3.8) is 0 Å². The summed E-state index contributed by atoms with van der Waals surface area (Å²) in [7, 11) is 0. The Balaban J connectivity index is 1.22. The van der Waals surface area contributed by atoms with E-state index >= 15 is 0 Å². The number of nitrogens with one attached hydrogen (secondary N) is 1. The molecule has 3 fully saturated rings. The van der Waals surface area contributed by atoms with Gasteiger partial charge >= 0.3 is 0 Å². The number of morpholine rings is 1. The normalized spacial score (nSPS) is 22.0. The average molecular weight is 562 g/mol. The van der Waals surface area contributed by atoms with Crippen LogP contribution in [0.25, 0.3) is 0 Å². The summed E-state index contributed by atoms with van der Waals surface area (Å²) in [5.74, 6) is 0.268. The Morgan fingerprint density at radius 2 is 1.74 bits per heavy atom. The van der Waals surface area contributed by atoms with Crippen LogP contribution in [0.3, 0.4) is 0 Å². The highest BCUT2D eigenvalue weighted by Crippen LogP contribution is 2.31. The Hall–Kier alpha value is -2.03. The third kappa shape index (κ3) is 6.93. The highest BCUT2D eigenvalue weighted by atomic mass is 35.5. The molecule has 0 radical (unpaired) electrons. The summed E-state index contributed by atoms with van der Waals surface area (Å²) in [5.41, 5.74) is 2.82. The van der Waals surface area contributed by atoms with E-state index in [0.717, 1.165) is 80.5 Å². The summed E-state index contributed by atoms with van der Waals surface area (Å²) in [6.07, 6.45) is 2.88. The zero-order valence-electron chi connectivity index (χ0n) is 21.8. The fourth-order valence-corrected chi connectivity index (χ4v) is 6.32. The molecule has 0 spiro atoms. The lowest BCUT2D eigenvalue weighted by molar-refractivity contribution is -0.123. The lowest BCUT2D eigenvalue weighted by atomic mass is 9.99. The third-order valence-corrected chi connectivity index (χ3v) is 8.55. The van der Waals surface area contributed by atoms with Gasteiger partial charge in [-0.2, -0.15) is 0 Å². The second-order valence-corrected chi connectivity index (χ2v) is 11.6. The number of carbonyl (C=O) groups excluding carboxylic acids is 1. The molecule has 2 aromatic rings. The van der Waals surface area contributed by atoms with Gasteiger partial charge in [0.1, 0.15) is 6.10 Å². The predicted molar refractivity (Wildman–Crippen MR) is 153 cm³/mol. The van der Waals surface area contributed by atoms with Crippen LogP contribution in [-0.4, -0.2) is 81.0 Å². The number of nitrogens with zero attached hydrogens (tertiary/aromatic N) is 3. The summed E-state index contributed by atoms with van der Waals surface area (Å²) in [4.78, 5) is 20.1. The maximum absolute atomic E-state index is 13.2. The number of benzene rings is 2. The quantitative estimate of drug-likeness (QED) is 0.475. The molecule has 3 saturated heterocycles. The Morgan fingerprint density at radius 3 is 2.45 bits per heavy atom. The van der Waals surface area contributed by atoms with Crippen LogP contribution in [-0.2, 0) is 9.53 Å². The largest absolute Gasteiger partial charge is 0.386 e. The zero-order valence-corrected chi connectivity index (χ0v) is 23.3. The van der Waals surface area contributed by atoms with E-state index in [0.29, 0.717) is 31.2 Å². The van der Waals surface area contributed by atoms with Crippen LogP contribution in [0, 0.1) is 5.92 Å². The van der Waals surface area contributed by atoms with Crippen LogP contribution in [0.2, 0.25) is 10.0 Å². The van der Waals surface area contributed by atoms with Gasteiger partial charge in [0.05, 0.1) is 30.0 Å². The van der Waals surface area contributed by atoms with Gasteiger partial charge in [-0.3, -0.25) is 4.79 Å². The van der Waals surface area contributed by atoms with E-state index in [9.17, 15) is 9.90 Å². The molecule has 0 aliphatic carbocycles. The minimum atomic E-state index is -0.843. The maximum atomic E-state index is 13.2. The summed E-state index contributed by atoms with van der Waals surface area (Å²) in [6, 6.07) is 13.2. The number of anilines is 2. The molecule has 3 aliphatic heterocycles. The Bertz CT molecular complexity index is 1070. The van der Waals surface area contributed by atoms with Crippen molar-refractivity contribution in [2.75, 3.05) is 68.8 Å². The van der Waals surface area contributed by atoms with Crippen LogP contribution >= 0.6 is 23.2 Å². The number of rotatable bonds is 9. The van der Waals surface area contributed by atoms with Gasteiger partial charge in [-0.1, -0.05) is 29.3 Å². The van der Waals surface area contributed by atoms with E-state index in [1.165, 1.54) is 0 Å². The Morgan fingerprint density at radius 1 is 1.00 bits per heavy atom. The lowest BCUT2D eigenvalue weighted by Crippen LogP contribution is -2.47. The van der Waals surface area contributed by atoms with Gasteiger partial charge < -0.3 is 29.9 Å². The van der Waals surface area contributed by atoms with Crippen LogP contribution in [0.15, 0.2) is 42.5 Å². The van der Waals surface area contributed by atoms with Crippen LogP contribution in [0.5, 0.6) is 0 Å². The molecule has 9 heteroatoms. The summed E-state index contributed by atoms with van der Waals surface area (Å²) in [5, 5.41) is 16.0. The minimum absolute atomic E-state index is 0.00719. The molecular weight excluding hydrogens is 523 g/mol. The first-order valence-electron chi connectivity index (χ1n) is 13.8. The standard InChI is InChI=1S/C29H38Cl2N4O3/c30-23-4-6-24(7-5-23)35-12-9-21(19-35)17-28(36)32-26(20-33-10-1-2-11-33)29(37)22-3-8-27(25(31)18-22)34-13-15-38-16-14-34/h3-8,18,21,26,29,37H,1-2,9-17,19-20H2,(H,32,36). The van der Waals surface area contributed by atoms with Crippen LogP contribution in [0.4, 0.5) is 11.4 Å². The van der Waals surface area contributed by atoms with E-state index in [2.05, 4.69) is 20.0 Å². The molecule has 206 valence electrons. The maximum Gasteiger partial charge on any atom is 0.220 e. The molecule has 2 aromatic carbocycles. The lowest BCUT2D eigenvalue weighted by Gasteiger charge is -2.31. The first-order valence-corrected chi connectivity index (χ1v) is 14.5. The SMILES string of the molecule is O=C(CC1CCN(c2ccc(Cl)cc2)C1)NC(CN1CCCC1)C(O)c1ccc(N2CCOCC2)c(Cl)c1. The molecule has 3 atom stereocenters. The number of aliphatic hydroxyl groups excluding tert-OH is 1. The number of halogens is 2. The van der Waals surface area contributed by atoms with Gasteiger partial charge in [-0.15, -0.1) is 0 Å². The Labute approximate surface area is 235 Å². The van der Waals surface area contributed by atoms with Crippen molar-refractivity contribution in [2.45, 2.75) is 37.8 Å². The van der Waals surface area contributed by atoms with Gasteiger partial charge in [0.2, 0.25) is 5.91 Å². The van der Waals surface area contributed by atoms with E-state index in [1.54, 1.807) is 0 Å². The summed E-state index contributed by atoms with van der Waals surface area (Å²) >= 11 is 12.7. The highest BCUT2D eigenvalue weighted by Gasteiger charge is 2.30. The van der Waals surface area contributed by atoms with Gasteiger partial charge in [-0.05, 0) is 80.2 Å². The van der Waals surface area contributed by atoms with Crippen molar-refractivity contribution in [1.82, 2.24) is 10.2 Å². The second kappa shape index (κ2) is 12.9. The minimum Gasteiger partial charge on any atom is -0.386 e. The van der Waals surface area contributed by atoms with Gasteiger partial charge in [0.15, 0.2) is 0 Å². The summed E-state index contributed by atoms with van der Waals surface area (Å²) in [6.45, 7) is 7.34.